The lowest BCUT2D eigenvalue weighted by Gasteiger charge is -2.22. The Morgan fingerprint density at radius 3 is 2.91 bits per heavy atom. The lowest BCUT2D eigenvalue weighted by Crippen LogP contribution is -2.41. The second-order valence-electron chi connectivity index (χ2n) is 5.61. The maximum absolute atomic E-state index is 12.5. The molecule has 1 unspecified atom stereocenters. The van der Waals surface area contributed by atoms with Crippen LogP contribution in [-0.4, -0.2) is 19.2 Å². The maximum atomic E-state index is 12.5. The van der Waals surface area contributed by atoms with Gasteiger partial charge < -0.3 is 10.1 Å². The quantitative estimate of drug-likeness (QED) is 0.936. The van der Waals surface area contributed by atoms with Gasteiger partial charge in [0.05, 0.1) is 7.11 Å². The van der Waals surface area contributed by atoms with Gasteiger partial charge in [0.25, 0.3) is 0 Å². The highest BCUT2D eigenvalue weighted by molar-refractivity contribution is 5.95. The number of urea groups is 1. The van der Waals surface area contributed by atoms with Crippen LogP contribution in [0.5, 0.6) is 5.75 Å². The second-order valence-corrected chi connectivity index (χ2v) is 5.61. The minimum absolute atomic E-state index is 0.110. The van der Waals surface area contributed by atoms with E-state index in [1.165, 1.54) is 5.56 Å². The van der Waals surface area contributed by atoms with E-state index in [9.17, 15) is 4.79 Å². The number of ether oxygens (including phenoxy) is 1. The molecule has 1 atom stereocenters. The number of nitrogens with one attached hydrogen (secondary N) is 1. The molecule has 0 saturated heterocycles. The summed E-state index contributed by atoms with van der Waals surface area (Å²) in [6.45, 7) is 2.06. The molecule has 2 amide bonds. The second kappa shape index (κ2) is 6.57. The number of hydrogen-bond donors (Lipinski definition) is 1. The van der Waals surface area contributed by atoms with Gasteiger partial charge in [-0.2, -0.15) is 0 Å². The fraction of sp³-hybridized carbons (Fsp3) is 0.211. The predicted octanol–water partition coefficient (Wildman–Crippen LogP) is 3.83. The molecule has 1 aliphatic rings. The number of anilines is 1. The SMILES string of the molecule is COc1cccc(/C=C/NC(=O)N2c3ccccc3CC2C)c1. The first-order chi connectivity index (χ1) is 11.2. The lowest BCUT2D eigenvalue weighted by molar-refractivity contribution is 0.248. The summed E-state index contributed by atoms with van der Waals surface area (Å²) in [5.41, 5.74) is 3.18. The molecule has 0 radical (unpaired) electrons. The number of para-hydroxylation sites is 1. The normalized spacial score (nSPS) is 16.4. The molecule has 0 spiro atoms. The van der Waals surface area contributed by atoms with Crippen molar-refractivity contribution in [1.82, 2.24) is 5.32 Å². The fourth-order valence-corrected chi connectivity index (χ4v) is 2.90. The first-order valence-electron chi connectivity index (χ1n) is 7.67. The molecule has 4 nitrogen and oxygen atoms in total. The summed E-state index contributed by atoms with van der Waals surface area (Å²) in [6, 6.07) is 15.8. The molecular weight excluding hydrogens is 288 g/mol. The van der Waals surface area contributed by atoms with E-state index in [2.05, 4.69) is 18.3 Å². The highest BCUT2D eigenvalue weighted by Crippen LogP contribution is 2.31. The Morgan fingerprint density at radius 2 is 2.09 bits per heavy atom. The van der Waals surface area contributed by atoms with Crippen molar-refractivity contribution >= 4 is 17.8 Å². The van der Waals surface area contributed by atoms with E-state index in [4.69, 9.17) is 4.74 Å². The first kappa shape index (κ1) is 15.2. The topological polar surface area (TPSA) is 41.6 Å². The van der Waals surface area contributed by atoms with Crippen LogP contribution in [0.1, 0.15) is 18.1 Å². The lowest BCUT2D eigenvalue weighted by atomic mass is 10.1. The first-order valence-corrected chi connectivity index (χ1v) is 7.67. The number of rotatable bonds is 3. The van der Waals surface area contributed by atoms with Gasteiger partial charge in [-0.05, 0) is 48.7 Å². The van der Waals surface area contributed by atoms with Gasteiger partial charge in [-0.1, -0.05) is 30.3 Å². The van der Waals surface area contributed by atoms with Crippen molar-refractivity contribution < 1.29 is 9.53 Å². The molecule has 3 rings (SSSR count). The smallest absolute Gasteiger partial charge is 0.326 e. The molecule has 0 fully saturated rings. The molecule has 1 aliphatic heterocycles. The van der Waals surface area contributed by atoms with Gasteiger partial charge in [0, 0.05) is 17.9 Å². The van der Waals surface area contributed by atoms with Gasteiger partial charge in [0.15, 0.2) is 0 Å². The molecule has 1 N–H and O–H groups in total. The van der Waals surface area contributed by atoms with Crippen LogP contribution in [-0.2, 0) is 6.42 Å². The molecular formula is C19H20N2O2. The Bertz CT molecular complexity index is 740. The van der Waals surface area contributed by atoms with Crippen molar-refractivity contribution in [2.24, 2.45) is 0 Å². The number of carbonyl (C=O) groups excluding carboxylic acids is 1. The molecule has 2 aromatic rings. The number of benzene rings is 2. The van der Waals surface area contributed by atoms with Crippen LogP contribution in [0.4, 0.5) is 10.5 Å². The number of hydrogen-bond acceptors (Lipinski definition) is 2. The summed E-state index contributed by atoms with van der Waals surface area (Å²) in [6.07, 6.45) is 4.42. The zero-order valence-electron chi connectivity index (χ0n) is 13.3. The Hall–Kier alpha value is -2.75. The van der Waals surface area contributed by atoms with Gasteiger partial charge in [-0.25, -0.2) is 4.79 Å². The van der Waals surface area contributed by atoms with Crippen molar-refractivity contribution in [3.05, 3.63) is 65.9 Å². The van der Waals surface area contributed by atoms with Gasteiger partial charge in [0.1, 0.15) is 5.75 Å². The van der Waals surface area contributed by atoms with E-state index < -0.39 is 0 Å². The summed E-state index contributed by atoms with van der Waals surface area (Å²) in [7, 11) is 1.64. The minimum Gasteiger partial charge on any atom is -0.497 e. The molecule has 0 saturated carbocycles. The molecule has 4 heteroatoms. The van der Waals surface area contributed by atoms with E-state index in [1.807, 2.05) is 53.4 Å². The van der Waals surface area contributed by atoms with Crippen molar-refractivity contribution in [1.29, 1.82) is 0 Å². The van der Waals surface area contributed by atoms with Crippen molar-refractivity contribution in [2.75, 3.05) is 12.0 Å². The summed E-state index contributed by atoms with van der Waals surface area (Å²) in [4.78, 5) is 14.3. The van der Waals surface area contributed by atoms with Crippen LogP contribution in [0.25, 0.3) is 6.08 Å². The third kappa shape index (κ3) is 3.21. The van der Waals surface area contributed by atoms with E-state index in [0.717, 1.165) is 23.4 Å². The largest absolute Gasteiger partial charge is 0.497 e. The van der Waals surface area contributed by atoms with Crippen LogP contribution in [0.15, 0.2) is 54.7 Å². The van der Waals surface area contributed by atoms with Crippen LogP contribution < -0.4 is 15.0 Å². The van der Waals surface area contributed by atoms with Crippen LogP contribution in [0.2, 0.25) is 0 Å². The summed E-state index contributed by atoms with van der Waals surface area (Å²) in [5.74, 6) is 0.792. The maximum Gasteiger partial charge on any atom is 0.326 e. The average molecular weight is 308 g/mol. The highest BCUT2D eigenvalue weighted by atomic mass is 16.5. The Morgan fingerprint density at radius 1 is 1.26 bits per heavy atom. The summed E-state index contributed by atoms with van der Waals surface area (Å²) >= 11 is 0. The van der Waals surface area contributed by atoms with Crippen LogP contribution in [0, 0.1) is 0 Å². The fourth-order valence-electron chi connectivity index (χ4n) is 2.90. The van der Waals surface area contributed by atoms with E-state index in [0.29, 0.717) is 0 Å². The molecule has 2 aromatic carbocycles. The molecule has 1 heterocycles. The molecule has 0 aliphatic carbocycles. The van der Waals surface area contributed by atoms with Crippen LogP contribution in [0.3, 0.4) is 0 Å². The predicted molar refractivity (Wildman–Crippen MR) is 92.6 cm³/mol. The number of nitrogens with zero attached hydrogens (tertiary/aromatic N) is 1. The standard InChI is InChI=1S/C19H20N2O2/c1-14-12-16-7-3-4-9-18(16)21(14)19(22)20-11-10-15-6-5-8-17(13-15)23-2/h3-11,13-14H,12H2,1-2H3,(H,20,22)/b11-10+. The van der Waals surface area contributed by atoms with E-state index in [-0.39, 0.29) is 12.1 Å². The van der Waals surface area contributed by atoms with Gasteiger partial charge in [-0.3, -0.25) is 4.90 Å². The monoisotopic (exact) mass is 308 g/mol. The third-order valence-corrected chi connectivity index (χ3v) is 4.00. The Balaban J connectivity index is 1.69. The highest BCUT2D eigenvalue weighted by Gasteiger charge is 2.29. The Labute approximate surface area is 136 Å². The van der Waals surface area contributed by atoms with Crippen LogP contribution >= 0.6 is 0 Å². The summed E-state index contributed by atoms with van der Waals surface area (Å²) < 4.78 is 5.19. The molecule has 0 aromatic heterocycles. The molecule has 23 heavy (non-hydrogen) atoms. The number of carbonyl (C=O) groups is 1. The number of methoxy groups -OCH3 is 1. The average Bonchev–Trinajstić information content (AvgIpc) is 2.90. The van der Waals surface area contributed by atoms with Crippen molar-refractivity contribution in [2.45, 2.75) is 19.4 Å². The van der Waals surface area contributed by atoms with Gasteiger partial charge >= 0.3 is 6.03 Å². The third-order valence-electron chi connectivity index (χ3n) is 4.00. The summed E-state index contributed by atoms with van der Waals surface area (Å²) in [5, 5.41) is 2.85. The van der Waals surface area contributed by atoms with E-state index >= 15 is 0 Å². The zero-order valence-corrected chi connectivity index (χ0v) is 13.3. The Kier molecular flexibility index (Phi) is 4.33. The van der Waals surface area contributed by atoms with Crippen molar-refractivity contribution in [3.8, 4) is 5.75 Å². The molecule has 0 bridgehead atoms. The number of amides is 2. The van der Waals surface area contributed by atoms with Crippen molar-refractivity contribution in [3.63, 3.8) is 0 Å². The zero-order chi connectivity index (χ0) is 16.2. The minimum atomic E-state index is -0.110. The van der Waals surface area contributed by atoms with Gasteiger partial charge in [0.2, 0.25) is 0 Å². The van der Waals surface area contributed by atoms with Gasteiger partial charge in [-0.15, -0.1) is 0 Å². The van der Waals surface area contributed by atoms with E-state index in [1.54, 1.807) is 13.3 Å². The molecule has 118 valence electrons. The number of fused-ring (bicyclic) bond motifs is 1.